The van der Waals surface area contributed by atoms with Crippen LogP contribution in [-0.4, -0.2) is 5.11 Å². The highest BCUT2D eigenvalue weighted by atomic mass is 79.9. The third-order valence-electron chi connectivity index (χ3n) is 2.55. The number of hydrogen-bond donors (Lipinski definition) is 1. The quantitative estimate of drug-likeness (QED) is 0.851. The van der Waals surface area contributed by atoms with Gasteiger partial charge in [0.1, 0.15) is 11.6 Å². The molecule has 19 heavy (non-hydrogen) atoms. The molecular weight excluding hydrogens is 334 g/mol. The third-order valence-corrected chi connectivity index (χ3v) is 4.58. The van der Waals surface area contributed by atoms with Crippen molar-refractivity contribution < 1.29 is 13.9 Å². The number of aliphatic hydroxyl groups is 1. The van der Waals surface area contributed by atoms with Gasteiger partial charge < -0.3 is 5.11 Å². The smallest absolute Gasteiger partial charge is 0.137 e. The van der Waals surface area contributed by atoms with Crippen LogP contribution in [0.2, 0.25) is 0 Å². The fraction of sp³-hybridized carbons (Fsp3) is 0.143. The van der Waals surface area contributed by atoms with E-state index in [1.54, 1.807) is 25.1 Å². The van der Waals surface area contributed by atoms with Crippen molar-refractivity contribution in [3.63, 3.8) is 0 Å². The molecule has 0 aliphatic carbocycles. The standard InChI is InChI=1S/C14H11BrF2OS/c1-8(18)9-2-5-13(11(15)6-9)19-14-7-10(16)3-4-12(14)17/h2-8,18H,1H3. The van der Waals surface area contributed by atoms with Gasteiger partial charge in [0.25, 0.3) is 0 Å². The fourth-order valence-corrected chi connectivity index (χ4v) is 3.04. The molecule has 0 saturated heterocycles. The third kappa shape index (κ3) is 3.55. The summed E-state index contributed by atoms with van der Waals surface area (Å²) >= 11 is 4.50. The monoisotopic (exact) mass is 344 g/mol. The highest BCUT2D eigenvalue weighted by molar-refractivity contribution is 9.10. The molecule has 0 heterocycles. The topological polar surface area (TPSA) is 20.2 Å². The molecule has 0 aromatic heterocycles. The molecule has 0 saturated carbocycles. The van der Waals surface area contributed by atoms with Crippen molar-refractivity contribution in [1.82, 2.24) is 0 Å². The van der Waals surface area contributed by atoms with Gasteiger partial charge in [-0.05, 0) is 58.7 Å². The van der Waals surface area contributed by atoms with Crippen LogP contribution in [0, 0.1) is 11.6 Å². The second-order valence-corrected chi connectivity index (χ2v) is 5.98. The highest BCUT2D eigenvalue weighted by Gasteiger charge is 2.10. The van der Waals surface area contributed by atoms with Gasteiger partial charge in [-0.1, -0.05) is 17.8 Å². The highest BCUT2D eigenvalue weighted by Crippen LogP contribution is 2.36. The van der Waals surface area contributed by atoms with Crippen LogP contribution < -0.4 is 0 Å². The molecule has 2 aromatic carbocycles. The molecular formula is C14H11BrF2OS. The van der Waals surface area contributed by atoms with E-state index in [9.17, 15) is 13.9 Å². The molecule has 1 N–H and O–H groups in total. The van der Waals surface area contributed by atoms with Crippen LogP contribution in [0.4, 0.5) is 8.78 Å². The lowest BCUT2D eigenvalue weighted by molar-refractivity contribution is 0.199. The molecule has 0 fully saturated rings. The van der Waals surface area contributed by atoms with Crippen LogP contribution in [0.5, 0.6) is 0 Å². The van der Waals surface area contributed by atoms with E-state index in [4.69, 9.17) is 0 Å². The van der Waals surface area contributed by atoms with E-state index >= 15 is 0 Å². The van der Waals surface area contributed by atoms with Crippen LogP contribution >= 0.6 is 27.7 Å². The first-order chi connectivity index (χ1) is 8.97. The van der Waals surface area contributed by atoms with Crippen molar-refractivity contribution in [2.45, 2.75) is 22.8 Å². The summed E-state index contributed by atoms with van der Waals surface area (Å²) in [6.45, 7) is 1.67. The minimum absolute atomic E-state index is 0.227. The van der Waals surface area contributed by atoms with Gasteiger partial charge in [-0.3, -0.25) is 0 Å². The molecule has 0 radical (unpaired) electrons. The van der Waals surface area contributed by atoms with Gasteiger partial charge in [0.2, 0.25) is 0 Å². The van der Waals surface area contributed by atoms with Gasteiger partial charge in [0, 0.05) is 9.37 Å². The van der Waals surface area contributed by atoms with Gasteiger partial charge in [-0.15, -0.1) is 0 Å². The average molecular weight is 345 g/mol. The summed E-state index contributed by atoms with van der Waals surface area (Å²) in [5, 5.41) is 9.47. The Morgan fingerprint density at radius 2 is 1.84 bits per heavy atom. The Labute approximate surface area is 122 Å². The number of benzene rings is 2. The van der Waals surface area contributed by atoms with Crippen LogP contribution in [0.15, 0.2) is 50.7 Å². The maximum atomic E-state index is 13.6. The van der Waals surface area contributed by atoms with E-state index in [2.05, 4.69) is 15.9 Å². The number of rotatable bonds is 3. The van der Waals surface area contributed by atoms with E-state index in [1.807, 2.05) is 0 Å². The van der Waals surface area contributed by atoms with Gasteiger partial charge in [0.05, 0.1) is 11.0 Å². The molecule has 0 amide bonds. The normalized spacial score (nSPS) is 12.5. The van der Waals surface area contributed by atoms with Crippen molar-refractivity contribution in [3.8, 4) is 0 Å². The minimum atomic E-state index is -0.568. The summed E-state index contributed by atoms with van der Waals surface area (Å²) in [5.41, 5.74) is 0.760. The SMILES string of the molecule is CC(O)c1ccc(Sc2cc(F)ccc2F)c(Br)c1. The van der Waals surface area contributed by atoms with Crippen molar-refractivity contribution in [2.24, 2.45) is 0 Å². The fourth-order valence-electron chi connectivity index (χ4n) is 1.53. The summed E-state index contributed by atoms with van der Waals surface area (Å²) in [4.78, 5) is 0.986. The largest absolute Gasteiger partial charge is 0.389 e. The number of hydrogen-bond acceptors (Lipinski definition) is 2. The lowest BCUT2D eigenvalue weighted by Gasteiger charge is -2.09. The van der Waals surface area contributed by atoms with E-state index in [1.165, 1.54) is 0 Å². The summed E-state index contributed by atoms with van der Waals surface area (Å²) in [5.74, 6) is -0.932. The van der Waals surface area contributed by atoms with Gasteiger partial charge in [-0.2, -0.15) is 0 Å². The minimum Gasteiger partial charge on any atom is -0.389 e. The van der Waals surface area contributed by atoms with Gasteiger partial charge in [0.15, 0.2) is 0 Å². The molecule has 1 unspecified atom stereocenters. The molecule has 0 aliphatic rings. The molecule has 0 bridgehead atoms. The average Bonchev–Trinajstić information content (AvgIpc) is 2.36. The summed E-state index contributed by atoms with van der Waals surface area (Å²) < 4.78 is 27.4. The Kier molecular flexibility index (Phi) is 4.60. The predicted octanol–water partition coefficient (Wildman–Crippen LogP) is 4.93. The lowest BCUT2D eigenvalue weighted by atomic mass is 10.1. The zero-order chi connectivity index (χ0) is 14.0. The Hall–Kier alpha value is -0.910. The summed E-state index contributed by atoms with van der Waals surface area (Å²) in [6, 6.07) is 8.65. The number of halogens is 3. The van der Waals surface area contributed by atoms with Crippen LogP contribution in [0.1, 0.15) is 18.6 Å². The molecule has 0 aliphatic heterocycles. The first kappa shape index (κ1) is 14.5. The van der Waals surface area contributed by atoms with E-state index in [0.717, 1.165) is 44.9 Å². The zero-order valence-corrected chi connectivity index (χ0v) is 12.4. The van der Waals surface area contributed by atoms with Crippen LogP contribution in [-0.2, 0) is 0 Å². The second-order valence-electron chi connectivity index (χ2n) is 4.04. The molecule has 2 aromatic rings. The maximum absolute atomic E-state index is 13.6. The second kappa shape index (κ2) is 6.03. The number of aliphatic hydroxyl groups excluding tert-OH is 1. The molecule has 1 atom stereocenters. The van der Waals surface area contributed by atoms with E-state index in [0.29, 0.717) is 0 Å². The van der Waals surface area contributed by atoms with Gasteiger partial charge in [-0.25, -0.2) is 8.78 Å². The molecule has 100 valence electrons. The van der Waals surface area contributed by atoms with Crippen molar-refractivity contribution >= 4 is 27.7 Å². The van der Waals surface area contributed by atoms with Crippen molar-refractivity contribution in [3.05, 3.63) is 58.1 Å². The lowest BCUT2D eigenvalue weighted by Crippen LogP contribution is -1.91. The Balaban J connectivity index is 2.31. The maximum Gasteiger partial charge on any atom is 0.137 e. The van der Waals surface area contributed by atoms with Crippen LogP contribution in [0.25, 0.3) is 0 Å². The van der Waals surface area contributed by atoms with Crippen molar-refractivity contribution in [1.29, 1.82) is 0 Å². The first-order valence-corrected chi connectivity index (χ1v) is 7.18. The molecule has 0 spiro atoms. The first-order valence-electron chi connectivity index (χ1n) is 5.58. The Morgan fingerprint density at radius 1 is 1.11 bits per heavy atom. The molecule has 1 nitrogen and oxygen atoms in total. The van der Waals surface area contributed by atoms with E-state index in [-0.39, 0.29) is 4.90 Å². The predicted molar refractivity (Wildman–Crippen MR) is 75.3 cm³/mol. The van der Waals surface area contributed by atoms with Crippen molar-refractivity contribution in [2.75, 3.05) is 0 Å². The Morgan fingerprint density at radius 3 is 2.47 bits per heavy atom. The zero-order valence-electron chi connectivity index (χ0n) is 10.0. The summed E-state index contributed by atoms with van der Waals surface area (Å²) in [7, 11) is 0. The van der Waals surface area contributed by atoms with Crippen LogP contribution in [0.3, 0.4) is 0 Å². The van der Waals surface area contributed by atoms with E-state index < -0.39 is 17.7 Å². The van der Waals surface area contributed by atoms with Gasteiger partial charge >= 0.3 is 0 Å². The summed E-state index contributed by atoms with van der Waals surface area (Å²) in [6.07, 6.45) is -0.568. The molecule has 2 rings (SSSR count). The molecule has 5 heteroatoms. The Bertz CT molecular complexity index is 602.